The van der Waals surface area contributed by atoms with E-state index in [2.05, 4.69) is 22.4 Å². The first-order valence-corrected chi connectivity index (χ1v) is 4.96. The second-order valence-corrected chi connectivity index (χ2v) is 3.10. The van der Waals surface area contributed by atoms with Gasteiger partial charge in [-0.2, -0.15) is 5.10 Å². The van der Waals surface area contributed by atoms with Crippen LogP contribution < -0.4 is 10.1 Å². The van der Waals surface area contributed by atoms with Gasteiger partial charge >= 0.3 is 0 Å². The predicted octanol–water partition coefficient (Wildman–Crippen LogP) is 1.37. The van der Waals surface area contributed by atoms with Crippen molar-refractivity contribution in [3.63, 3.8) is 0 Å². The molecule has 1 heterocycles. The summed E-state index contributed by atoms with van der Waals surface area (Å²) in [5.41, 5.74) is 0.926. The van der Waals surface area contributed by atoms with Crippen LogP contribution in [0.1, 0.15) is 25.5 Å². The number of nitrogens with zero attached hydrogens (tertiary/aromatic N) is 2. The molecule has 0 saturated heterocycles. The summed E-state index contributed by atoms with van der Waals surface area (Å²) < 4.78 is 5.39. The normalized spacial score (nSPS) is 10.1. The maximum absolute atomic E-state index is 5.39. The molecule has 1 aromatic heterocycles. The van der Waals surface area contributed by atoms with Gasteiger partial charge in [0.15, 0.2) is 0 Å². The third kappa shape index (κ3) is 3.70. The number of aromatic nitrogens is 2. The lowest BCUT2D eigenvalue weighted by Gasteiger charge is -2.03. The topological polar surface area (TPSA) is 47.0 Å². The van der Waals surface area contributed by atoms with Gasteiger partial charge in [-0.1, -0.05) is 13.3 Å². The van der Waals surface area contributed by atoms with Gasteiger partial charge in [0.2, 0.25) is 5.88 Å². The summed E-state index contributed by atoms with van der Waals surface area (Å²) in [5, 5.41) is 11.0. The third-order valence-corrected chi connectivity index (χ3v) is 1.80. The molecule has 1 aromatic rings. The first kappa shape index (κ1) is 10.9. The predicted molar refractivity (Wildman–Crippen MR) is 55.2 cm³/mol. The Bertz CT molecular complexity index is 248. The van der Waals surface area contributed by atoms with Crippen molar-refractivity contribution >= 4 is 0 Å². The number of nitrogens with one attached hydrogen (secondary N) is 1. The highest BCUT2D eigenvalue weighted by molar-refractivity contribution is 5.11. The Morgan fingerprint density at radius 2 is 2.21 bits per heavy atom. The zero-order valence-electron chi connectivity index (χ0n) is 8.79. The molecule has 0 radical (unpaired) electrons. The van der Waals surface area contributed by atoms with Crippen LogP contribution in [0.15, 0.2) is 12.1 Å². The number of hydrogen-bond donors (Lipinski definition) is 1. The van der Waals surface area contributed by atoms with E-state index in [0.29, 0.717) is 5.88 Å². The van der Waals surface area contributed by atoms with Gasteiger partial charge in [-0.25, -0.2) is 0 Å². The molecular weight excluding hydrogens is 178 g/mol. The largest absolute Gasteiger partial charge is 0.477 e. The molecule has 1 N–H and O–H groups in total. The standard InChI is InChI=1S/C10H17N3O/c1-3-4-7-14-10-6-5-9(8-11-2)12-13-10/h5-6,11H,3-4,7-8H2,1-2H3. The summed E-state index contributed by atoms with van der Waals surface area (Å²) in [7, 11) is 1.88. The zero-order chi connectivity index (χ0) is 10.2. The van der Waals surface area contributed by atoms with Gasteiger partial charge in [0.1, 0.15) is 0 Å². The smallest absolute Gasteiger partial charge is 0.233 e. The van der Waals surface area contributed by atoms with E-state index in [1.807, 2.05) is 19.2 Å². The summed E-state index contributed by atoms with van der Waals surface area (Å²) in [6.07, 6.45) is 2.19. The van der Waals surface area contributed by atoms with Gasteiger partial charge in [0.05, 0.1) is 12.3 Å². The first-order chi connectivity index (χ1) is 6.86. The maximum Gasteiger partial charge on any atom is 0.233 e. The van der Waals surface area contributed by atoms with Gasteiger partial charge in [0.25, 0.3) is 0 Å². The molecule has 14 heavy (non-hydrogen) atoms. The molecule has 78 valence electrons. The first-order valence-electron chi connectivity index (χ1n) is 4.96. The van der Waals surface area contributed by atoms with Crippen molar-refractivity contribution in [1.82, 2.24) is 15.5 Å². The monoisotopic (exact) mass is 195 g/mol. The molecule has 4 heteroatoms. The molecule has 0 fully saturated rings. The minimum Gasteiger partial charge on any atom is -0.477 e. The van der Waals surface area contributed by atoms with Crippen molar-refractivity contribution in [1.29, 1.82) is 0 Å². The number of rotatable bonds is 6. The van der Waals surface area contributed by atoms with E-state index in [0.717, 1.165) is 31.7 Å². The average Bonchev–Trinajstić information content (AvgIpc) is 2.21. The summed E-state index contributed by atoms with van der Waals surface area (Å²) in [5.74, 6) is 0.610. The molecule has 0 aliphatic rings. The number of hydrogen-bond acceptors (Lipinski definition) is 4. The minimum atomic E-state index is 0.610. The maximum atomic E-state index is 5.39. The van der Waals surface area contributed by atoms with E-state index in [9.17, 15) is 0 Å². The van der Waals surface area contributed by atoms with Gasteiger partial charge < -0.3 is 10.1 Å². The molecule has 0 amide bonds. The second kappa shape index (κ2) is 6.32. The van der Waals surface area contributed by atoms with Crippen LogP contribution in [0, 0.1) is 0 Å². The van der Waals surface area contributed by atoms with Crippen LogP contribution in [0.4, 0.5) is 0 Å². The Morgan fingerprint density at radius 1 is 1.36 bits per heavy atom. The van der Waals surface area contributed by atoms with Crippen LogP contribution in [0.2, 0.25) is 0 Å². The summed E-state index contributed by atoms with van der Waals surface area (Å²) in [6.45, 7) is 3.59. The highest BCUT2D eigenvalue weighted by Gasteiger charge is 1.97. The molecule has 0 unspecified atom stereocenters. The lowest BCUT2D eigenvalue weighted by Crippen LogP contribution is -2.08. The highest BCUT2D eigenvalue weighted by atomic mass is 16.5. The minimum absolute atomic E-state index is 0.610. The van der Waals surface area contributed by atoms with Crippen LogP contribution in [-0.2, 0) is 6.54 Å². The van der Waals surface area contributed by atoms with Crippen LogP contribution >= 0.6 is 0 Å². The van der Waals surface area contributed by atoms with Crippen LogP contribution in [-0.4, -0.2) is 23.9 Å². The number of unbranched alkanes of at least 4 members (excludes halogenated alkanes) is 1. The van der Waals surface area contributed by atoms with Crippen molar-refractivity contribution in [2.45, 2.75) is 26.3 Å². The lowest BCUT2D eigenvalue weighted by molar-refractivity contribution is 0.294. The van der Waals surface area contributed by atoms with Crippen molar-refractivity contribution in [3.05, 3.63) is 17.8 Å². The molecule has 4 nitrogen and oxygen atoms in total. The van der Waals surface area contributed by atoms with Gasteiger partial charge in [-0.15, -0.1) is 5.10 Å². The Morgan fingerprint density at radius 3 is 2.79 bits per heavy atom. The van der Waals surface area contributed by atoms with Crippen LogP contribution in [0.3, 0.4) is 0 Å². The molecule has 0 spiro atoms. The fourth-order valence-corrected chi connectivity index (χ4v) is 1.02. The summed E-state index contributed by atoms with van der Waals surface area (Å²) in [6, 6.07) is 3.78. The molecule has 0 atom stereocenters. The molecular formula is C10H17N3O. The zero-order valence-corrected chi connectivity index (χ0v) is 8.79. The Kier molecular flexibility index (Phi) is 4.93. The molecule has 0 aliphatic carbocycles. The van der Waals surface area contributed by atoms with Crippen molar-refractivity contribution in [3.8, 4) is 5.88 Å². The van der Waals surface area contributed by atoms with Crippen LogP contribution in [0.5, 0.6) is 5.88 Å². The molecule has 0 aliphatic heterocycles. The van der Waals surface area contributed by atoms with Crippen molar-refractivity contribution < 1.29 is 4.74 Å². The van der Waals surface area contributed by atoms with E-state index < -0.39 is 0 Å². The Labute approximate surface area is 84.7 Å². The quantitative estimate of drug-likeness (QED) is 0.696. The van der Waals surface area contributed by atoms with Crippen molar-refractivity contribution in [2.75, 3.05) is 13.7 Å². The van der Waals surface area contributed by atoms with Gasteiger partial charge in [-0.3, -0.25) is 0 Å². The average molecular weight is 195 g/mol. The highest BCUT2D eigenvalue weighted by Crippen LogP contribution is 2.05. The van der Waals surface area contributed by atoms with E-state index >= 15 is 0 Å². The summed E-state index contributed by atoms with van der Waals surface area (Å²) in [4.78, 5) is 0. The van der Waals surface area contributed by atoms with Gasteiger partial charge in [-0.05, 0) is 19.5 Å². The van der Waals surface area contributed by atoms with Gasteiger partial charge in [0, 0.05) is 12.6 Å². The van der Waals surface area contributed by atoms with E-state index in [1.165, 1.54) is 0 Å². The Hall–Kier alpha value is -1.16. The van der Waals surface area contributed by atoms with Crippen LogP contribution in [0.25, 0.3) is 0 Å². The summed E-state index contributed by atoms with van der Waals surface area (Å²) >= 11 is 0. The molecule has 1 rings (SSSR count). The fourth-order valence-electron chi connectivity index (χ4n) is 1.02. The SMILES string of the molecule is CCCCOc1ccc(CNC)nn1. The van der Waals surface area contributed by atoms with E-state index in [4.69, 9.17) is 4.74 Å². The van der Waals surface area contributed by atoms with E-state index in [-0.39, 0.29) is 0 Å². The molecule has 0 aromatic carbocycles. The second-order valence-electron chi connectivity index (χ2n) is 3.10. The molecule has 0 bridgehead atoms. The van der Waals surface area contributed by atoms with Crippen molar-refractivity contribution in [2.24, 2.45) is 0 Å². The Balaban J connectivity index is 2.38. The van der Waals surface area contributed by atoms with E-state index in [1.54, 1.807) is 0 Å². The molecule has 0 saturated carbocycles. The fraction of sp³-hybridized carbons (Fsp3) is 0.600. The lowest BCUT2D eigenvalue weighted by atomic mass is 10.3. The third-order valence-electron chi connectivity index (χ3n) is 1.80. The number of ether oxygens (including phenoxy) is 1.